The van der Waals surface area contributed by atoms with Crippen LogP contribution in [0, 0.1) is 0 Å². The van der Waals surface area contributed by atoms with E-state index >= 15 is 0 Å². The average Bonchev–Trinajstić information content (AvgIpc) is 2.91. The molecule has 0 unspecified atom stereocenters. The monoisotopic (exact) mass is 353 g/mol. The summed E-state index contributed by atoms with van der Waals surface area (Å²) in [5, 5.41) is 0.763. The molecule has 0 atom stereocenters. The van der Waals surface area contributed by atoms with Crippen LogP contribution in [0.4, 0.5) is 0 Å². The fraction of sp³-hybridized carbons (Fsp3) is 0.450. The molecule has 3 heterocycles. The number of carbonyl (C=O) groups excluding carboxylic acids is 2. The minimum absolute atomic E-state index is 0.0734. The summed E-state index contributed by atoms with van der Waals surface area (Å²) in [6.45, 7) is 8.17. The molecule has 0 spiro atoms. The standard InChI is InChI=1S/C20H23N3O3/c1-13(2)18-17-16(14-5-3-4-6-15(14)21-18)19(24)23(20(17)25)8-7-22-9-11-26-12-10-22/h3-6,13H,7-12H2,1-2H3. The Balaban J connectivity index is 1.70. The number of hydrogen-bond donors (Lipinski definition) is 0. The Labute approximate surface area is 152 Å². The number of pyridine rings is 1. The number of hydrogen-bond acceptors (Lipinski definition) is 5. The van der Waals surface area contributed by atoms with Gasteiger partial charge >= 0.3 is 0 Å². The molecule has 0 bridgehead atoms. The van der Waals surface area contributed by atoms with Gasteiger partial charge in [-0.2, -0.15) is 0 Å². The first-order valence-electron chi connectivity index (χ1n) is 9.17. The maximum Gasteiger partial charge on any atom is 0.263 e. The largest absolute Gasteiger partial charge is 0.379 e. The molecule has 4 rings (SSSR count). The lowest BCUT2D eigenvalue weighted by atomic mass is 9.97. The number of aromatic nitrogens is 1. The summed E-state index contributed by atoms with van der Waals surface area (Å²) >= 11 is 0. The van der Waals surface area contributed by atoms with Gasteiger partial charge in [-0.15, -0.1) is 0 Å². The number of rotatable bonds is 4. The van der Waals surface area contributed by atoms with Gasteiger partial charge in [-0.1, -0.05) is 32.0 Å². The van der Waals surface area contributed by atoms with E-state index in [0.717, 1.165) is 24.0 Å². The van der Waals surface area contributed by atoms with E-state index < -0.39 is 0 Å². The first kappa shape index (κ1) is 17.1. The number of amides is 2. The van der Waals surface area contributed by atoms with E-state index in [4.69, 9.17) is 4.74 Å². The highest BCUT2D eigenvalue weighted by Gasteiger charge is 2.40. The number of carbonyl (C=O) groups is 2. The fourth-order valence-corrected chi connectivity index (χ4v) is 3.72. The number of ether oxygens (including phenoxy) is 1. The second-order valence-electron chi connectivity index (χ2n) is 7.13. The van der Waals surface area contributed by atoms with Crippen molar-refractivity contribution in [3.05, 3.63) is 41.1 Å². The second kappa shape index (κ2) is 6.78. The summed E-state index contributed by atoms with van der Waals surface area (Å²) in [4.78, 5) is 34.5. The van der Waals surface area contributed by atoms with Crippen LogP contribution in [0.1, 0.15) is 46.2 Å². The maximum absolute atomic E-state index is 13.1. The summed E-state index contributed by atoms with van der Waals surface area (Å²) in [6.07, 6.45) is 0. The topological polar surface area (TPSA) is 62.7 Å². The van der Waals surface area contributed by atoms with Gasteiger partial charge in [-0.3, -0.25) is 24.4 Å². The Hall–Kier alpha value is -2.31. The quantitative estimate of drug-likeness (QED) is 0.789. The van der Waals surface area contributed by atoms with Gasteiger partial charge in [-0.05, 0) is 12.0 Å². The lowest BCUT2D eigenvalue weighted by Crippen LogP contribution is -2.43. The molecule has 136 valence electrons. The van der Waals surface area contributed by atoms with Crippen LogP contribution in [-0.4, -0.2) is 66.0 Å². The van der Waals surface area contributed by atoms with Gasteiger partial charge in [0.25, 0.3) is 11.8 Å². The third-order valence-electron chi connectivity index (χ3n) is 5.13. The van der Waals surface area contributed by atoms with Crippen molar-refractivity contribution >= 4 is 22.7 Å². The zero-order chi connectivity index (χ0) is 18.3. The summed E-state index contributed by atoms with van der Waals surface area (Å²) < 4.78 is 5.36. The van der Waals surface area contributed by atoms with Crippen molar-refractivity contribution in [1.82, 2.24) is 14.8 Å². The van der Waals surface area contributed by atoms with Gasteiger partial charge in [0.1, 0.15) is 0 Å². The van der Waals surface area contributed by atoms with Gasteiger partial charge < -0.3 is 4.74 Å². The van der Waals surface area contributed by atoms with Crippen LogP contribution in [0.15, 0.2) is 24.3 Å². The van der Waals surface area contributed by atoms with Gasteiger partial charge in [0.2, 0.25) is 0 Å². The summed E-state index contributed by atoms with van der Waals surface area (Å²) in [5.41, 5.74) is 2.49. The molecule has 2 amide bonds. The van der Waals surface area contributed by atoms with Crippen LogP contribution < -0.4 is 0 Å². The number of para-hydroxylation sites is 1. The maximum atomic E-state index is 13.1. The number of nitrogens with zero attached hydrogens (tertiary/aromatic N) is 3. The molecule has 2 aliphatic rings. The third-order valence-corrected chi connectivity index (χ3v) is 5.13. The molecule has 6 heteroatoms. The number of fused-ring (bicyclic) bond motifs is 3. The molecule has 0 saturated carbocycles. The van der Waals surface area contributed by atoms with Crippen LogP contribution in [0.25, 0.3) is 10.9 Å². The van der Waals surface area contributed by atoms with Gasteiger partial charge in [0.05, 0.1) is 35.6 Å². The molecule has 2 aromatic rings. The number of imide groups is 1. The molecule has 0 N–H and O–H groups in total. The highest BCUT2D eigenvalue weighted by molar-refractivity contribution is 6.26. The Morgan fingerprint density at radius 2 is 1.73 bits per heavy atom. The van der Waals surface area contributed by atoms with Crippen molar-refractivity contribution in [2.24, 2.45) is 0 Å². The number of morpholine rings is 1. The van der Waals surface area contributed by atoms with E-state index in [0.29, 0.717) is 43.1 Å². The Morgan fingerprint density at radius 3 is 2.46 bits per heavy atom. The van der Waals surface area contributed by atoms with Crippen molar-refractivity contribution < 1.29 is 14.3 Å². The molecule has 1 saturated heterocycles. The molecule has 0 aliphatic carbocycles. The van der Waals surface area contributed by atoms with Gasteiger partial charge in [0.15, 0.2) is 0 Å². The van der Waals surface area contributed by atoms with Crippen molar-refractivity contribution in [2.45, 2.75) is 19.8 Å². The summed E-state index contributed by atoms with van der Waals surface area (Å²) in [5.74, 6) is -0.330. The van der Waals surface area contributed by atoms with E-state index in [2.05, 4.69) is 9.88 Å². The lowest BCUT2D eigenvalue weighted by molar-refractivity contribution is 0.0325. The Bertz CT molecular complexity index is 872. The molecule has 2 aliphatic heterocycles. The smallest absolute Gasteiger partial charge is 0.263 e. The molecule has 26 heavy (non-hydrogen) atoms. The molecule has 1 fully saturated rings. The minimum atomic E-state index is -0.208. The molecule has 1 aromatic carbocycles. The SMILES string of the molecule is CC(C)c1nc2ccccc2c2c1C(=O)N(CCN1CCOCC1)C2=O. The van der Waals surface area contributed by atoms with Crippen LogP contribution in [0.3, 0.4) is 0 Å². The summed E-state index contributed by atoms with van der Waals surface area (Å²) in [7, 11) is 0. The zero-order valence-electron chi connectivity index (χ0n) is 15.2. The van der Waals surface area contributed by atoms with Crippen molar-refractivity contribution in [3.63, 3.8) is 0 Å². The highest BCUT2D eigenvalue weighted by Crippen LogP contribution is 2.34. The molecule has 1 aromatic heterocycles. The predicted octanol–water partition coefficient (Wildman–Crippen LogP) is 2.29. The predicted molar refractivity (Wildman–Crippen MR) is 98.5 cm³/mol. The van der Waals surface area contributed by atoms with Crippen molar-refractivity contribution in [2.75, 3.05) is 39.4 Å². The summed E-state index contributed by atoms with van der Waals surface area (Å²) in [6, 6.07) is 7.56. The molecular weight excluding hydrogens is 330 g/mol. The molecular formula is C20H23N3O3. The highest BCUT2D eigenvalue weighted by atomic mass is 16.5. The van der Waals surface area contributed by atoms with Crippen LogP contribution in [0.5, 0.6) is 0 Å². The second-order valence-corrected chi connectivity index (χ2v) is 7.13. The van der Waals surface area contributed by atoms with E-state index in [1.807, 2.05) is 38.1 Å². The zero-order valence-corrected chi connectivity index (χ0v) is 15.2. The third kappa shape index (κ3) is 2.79. The molecule has 6 nitrogen and oxygen atoms in total. The van der Waals surface area contributed by atoms with E-state index in [1.54, 1.807) is 0 Å². The van der Waals surface area contributed by atoms with Gasteiger partial charge in [0, 0.05) is 31.6 Å². The van der Waals surface area contributed by atoms with Crippen LogP contribution in [0.2, 0.25) is 0 Å². The van der Waals surface area contributed by atoms with Crippen molar-refractivity contribution in [1.29, 1.82) is 0 Å². The van der Waals surface area contributed by atoms with Gasteiger partial charge in [-0.25, -0.2) is 0 Å². The van der Waals surface area contributed by atoms with Crippen LogP contribution >= 0.6 is 0 Å². The normalized spacial score (nSPS) is 18.2. The van der Waals surface area contributed by atoms with Crippen LogP contribution in [-0.2, 0) is 4.74 Å². The first-order chi connectivity index (χ1) is 12.6. The first-order valence-corrected chi connectivity index (χ1v) is 9.17. The molecule has 0 radical (unpaired) electrons. The minimum Gasteiger partial charge on any atom is -0.379 e. The van der Waals surface area contributed by atoms with Crippen molar-refractivity contribution in [3.8, 4) is 0 Å². The lowest BCUT2D eigenvalue weighted by Gasteiger charge is -2.28. The number of benzene rings is 1. The fourth-order valence-electron chi connectivity index (χ4n) is 3.72. The van der Waals surface area contributed by atoms with E-state index in [-0.39, 0.29) is 17.7 Å². The van der Waals surface area contributed by atoms with E-state index in [9.17, 15) is 9.59 Å². The van der Waals surface area contributed by atoms with E-state index in [1.165, 1.54) is 4.90 Å². The average molecular weight is 353 g/mol. The Kier molecular flexibility index (Phi) is 4.46. The Morgan fingerprint density at radius 1 is 1.04 bits per heavy atom.